The lowest BCUT2D eigenvalue weighted by Crippen LogP contribution is -2.09. The van der Waals surface area contributed by atoms with Gasteiger partial charge in [-0.2, -0.15) is 11.8 Å². The standard InChI is InChI=1S/C15H18N2O2S2/c1-20-11-7-6-10(8-11)17-13-5-3-2-4-12(13)16-15(17)21-9-14(18)19/h2-5,10-11H,6-9H2,1H3,(H,18,19). The van der Waals surface area contributed by atoms with E-state index in [1.54, 1.807) is 0 Å². The number of benzene rings is 1. The molecule has 112 valence electrons. The monoisotopic (exact) mass is 322 g/mol. The maximum atomic E-state index is 10.9. The number of carbonyl (C=O) groups is 1. The Hall–Kier alpha value is -1.14. The number of carboxylic acid groups (broad SMARTS) is 1. The Balaban J connectivity index is 1.97. The first-order valence-electron chi connectivity index (χ1n) is 7.03. The van der Waals surface area contributed by atoms with Gasteiger partial charge in [0.05, 0.1) is 16.8 Å². The van der Waals surface area contributed by atoms with Crippen molar-refractivity contribution < 1.29 is 9.90 Å². The molecule has 1 aliphatic carbocycles. The normalized spacial score (nSPS) is 22.0. The van der Waals surface area contributed by atoms with E-state index in [0.717, 1.165) is 29.0 Å². The molecule has 1 heterocycles. The predicted molar refractivity (Wildman–Crippen MR) is 88.3 cm³/mol. The zero-order valence-electron chi connectivity index (χ0n) is 11.9. The molecule has 0 bridgehead atoms. The van der Waals surface area contributed by atoms with Crippen LogP contribution in [0, 0.1) is 0 Å². The molecule has 0 spiro atoms. The van der Waals surface area contributed by atoms with Gasteiger partial charge < -0.3 is 9.67 Å². The number of hydrogen-bond donors (Lipinski definition) is 1. The van der Waals surface area contributed by atoms with Gasteiger partial charge >= 0.3 is 5.97 Å². The van der Waals surface area contributed by atoms with Crippen molar-refractivity contribution in [1.82, 2.24) is 9.55 Å². The Kier molecular flexibility index (Phi) is 4.45. The third-order valence-electron chi connectivity index (χ3n) is 3.94. The lowest BCUT2D eigenvalue weighted by Gasteiger charge is -2.16. The van der Waals surface area contributed by atoms with E-state index in [2.05, 4.69) is 21.9 Å². The summed E-state index contributed by atoms with van der Waals surface area (Å²) in [5.41, 5.74) is 2.08. The van der Waals surface area contributed by atoms with E-state index in [1.807, 2.05) is 30.0 Å². The van der Waals surface area contributed by atoms with Gasteiger partial charge in [-0.1, -0.05) is 23.9 Å². The number of thioether (sulfide) groups is 2. The summed E-state index contributed by atoms with van der Waals surface area (Å²) in [6.07, 6.45) is 5.68. The molecule has 0 radical (unpaired) electrons. The Bertz CT molecular complexity index is 656. The van der Waals surface area contributed by atoms with Gasteiger partial charge in [-0.15, -0.1) is 0 Å². The van der Waals surface area contributed by atoms with Crippen LogP contribution in [-0.4, -0.2) is 37.9 Å². The molecule has 1 N–H and O–H groups in total. The van der Waals surface area contributed by atoms with Crippen LogP contribution in [0.15, 0.2) is 29.4 Å². The van der Waals surface area contributed by atoms with Crippen molar-refractivity contribution in [3.05, 3.63) is 24.3 Å². The first-order chi connectivity index (χ1) is 10.2. The molecule has 0 aliphatic heterocycles. The molecule has 1 aliphatic rings. The number of rotatable bonds is 5. The van der Waals surface area contributed by atoms with Crippen molar-refractivity contribution >= 4 is 40.5 Å². The van der Waals surface area contributed by atoms with Gasteiger partial charge in [0.25, 0.3) is 0 Å². The van der Waals surface area contributed by atoms with E-state index < -0.39 is 5.97 Å². The Morgan fingerprint density at radius 2 is 2.24 bits per heavy atom. The zero-order valence-corrected chi connectivity index (χ0v) is 13.5. The fraction of sp³-hybridized carbons (Fsp3) is 0.467. The van der Waals surface area contributed by atoms with E-state index in [4.69, 9.17) is 5.11 Å². The zero-order chi connectivity index (χ0) is 14.8. The molecule has 2 unspecified atom stereocenters. The lowest BCUT2D eigenvalue weighted by atomic mass is 10.2. The summed E-state index contributed by atoms with van der Waals surface area (Å²) in [4.78, 5) is 15.5. The number of hydrogen-bond acceptors (Lipinski definition) is 4. The molecule has 1 saturated carbocycles. The highest BCUT2D eigenvalue weighted by atomic mass is 32.2. The highest BCUT2D eigenvalue weighted by molar-refractivity contribution is 7.99. The lowest BCUT2D eigenvalue weighted by molar-refractivity contribution is -0.133. The van der Waals surface area contributed by atoms with Crippen molar-refractivity contribution in [3.8, 4) is 0 Å². The highest BCUT2D eigenvalue weighted by Gasteiger charge is 2.28. The van der Waals surface area contributed by atoms with Crippen molar-refractivity contribution in [2.45, 2.75) is 35.7 Å². The first-order valence-corrected chi connectivity index (χ1v) is 9.30. The maximum absolute atomic E-state index is 10.9. The van der Waals surface area contributed by atoms with Gasteiger partial charge in [0.2, 0.25) is 0 Å². The Labute approximate surface area is 132 Å². The largest absolute Gasteiger partial charge is 0.481 e. The van der Waals surface area contributed by atoms with Crippen LogP contribution >= 0.6 is 23.5 Å². The summed E-state index contributed by atoms with van der Waals surface area (Å²) >= 11 is 3.25. The van der Waals surface area contributed by atoms with E-state index in [1.165, 1.54) is 18.2 Å². The van der Waals surface area contributed by atoms with Crippen molar-refractivity contribution in [2.24, 2.45) is 0 Å². The number of fused-ring (bicyclic) bond motifs is 1. The third-order valence-corrected chi connectivity index (χ3v) is 5.98. The molecule has 6 heteroatoms. The van der Waals surface area contributed by atoms with E-state index in [9.17, 15) is 4.79 Å². The molecule has 3 rings (SSSR count). The molecule has 0 amide bonds. The SMILES string of the molecule is CSC1CCC(n2c(SCC(=O)O)nc3ccccc32)C1. The molecule has 4 nitrogen and oxygen atoms in total. The number of nitrogens with zero attached hydrogens (tertiary/aromatic N) is 2. The number of imidazole rings is 1. The average Bonchev–Trinajstić information content (AvgIpc) is 3.08. The Morgan fingerprint density at radius 1 is 1.43 bits per heavy atom. The number of aliphatic carboxylic acids is 1. The van der Waals surface area contributed by atoms with Crippen LogP contribution in [0.4, 0.5) is 0 Å². The van der Waals surface area contributed by atoms with E-state index in [0.29, 0.717) is 11.3 Å². The molecule has 1 fully saturated rings. The second kappa shape index (κ2) is 6.32. The molecule has 2 atom stereocenters. The minimum absolute atomic E-state index is 0.0575. The van der Waals surface area contributed by atoms with Crippen molar-refractivity contribution in [3.63, 3.8) is 0 Å². The summed E-state index contributed by atoms with van der Waals surface area (Å²) < 4.78 is 2.26. The molecule has 1 aromatic carbocycles. The van der Waals surface area contributed by atoms with E-state index >= 15 is 0 Å². The minimum atomic E-state index is -0.799. The minimum Gasteiger partial charge on any atom is -0.481 e. The topological polar surface area (TPSA) is 55.1 Å². The summed E-state index contributed by atoms with van der Waals surface area (Å²) in [7, 11) is 0. The molecule has 0 saturated heterocycles. The third kappa shape index (κ3) is 3.06. The summed E-state index contributed by atoms with van der Waals surface area (Å²) in [5.74, 6) is -0.742. The van der Waals surface area contributed by atoms with Crippen molar-refractivity contribution in [1.29, 1.82) is 0 Å². The van der Waals surface area contributed by atoms with Gasteiger partial charge in [0.1, 0.15) is 0 Å². The summed E-state index contributed by atoms with van der Waals surface area (Å²) in [5, 5.41) is 10.5. The smallest absolute Gasteiger partial charge is 0.313 e. The average molecular weight is 322 g/mol. The van der Waals surface area contributed by atoms with Crippen LogP contribution in [0.2, 0.25) is 0 Å². The van der Waals surface area contributed by atoms with E-state index in [-0.39, 0.29) is 5.75 Å². The quantitative estimate of drug-likeness (QED) is 0.851. The first kappa shape index (κ1) is 14.8. The van der Waals surface area contributed by atoms with Crippen LogP contribution in [0.5, 0.6) is 0 Å². The van der Waals surface area contributed by atoms with Crippen LogP contribution in [0.25, 0.3) is 11.0 Å². The Morgan fingerprint density at radius 3 is 2.95 bits per heavy atom. The van der Waals surface area contributed by atoms with Gasteiger partial charge in [0, 0.05) is 11.3 Å². The molecule has 2 aromatic rings. The summed E-state index contributed by atoms with van der Waals surface area (Å²) in [6, 6.07) is 8.51. The summed E-state index contributed by atoms with van der Waals surface area (Å²) in [6.45, 7) is 0. The van der Waals surface area contributed by atoms with Crippen LogP contribution in [-0.2, 0) is 4.79 Å². The molecular weight excluding hydrogens is 304 g/mol. The van der Waals surface area contributed by atoms with Crippen LogP contribution in [0.3, 0.4) is 0 Å². The van der Waals surface area contributed by atoms with Crippen LogP contribution < -0.4 is 0 Å². The number of carboxylic acids is 1. The van der Waals surface area contributed by atoms with Gasteiger partial charge in [-0.3, -0.25) is 4.79 Å². The van der Waals surface area contributed by atoms with Gasteiger partial charge in [0.15, 0.2) is 5.16 Å². The molecule has 21 heavy (non-hydrogen) atoms. The second-order valence-corrected chi connectivity index (χ2v) is 7.34. The van der Waals surface area contributed by atoms with Gasteiger partial charge in [-0.05, 0) is 37.7 Å². The second-order valence-electron chi connectivity index (χ2n) is 5.26. The number of para-hydroxylation sites is 2. The fourth-order valence-electron chi connectivity index (χ4n) is 2.97. The number of aromatic nitrogens is 2. The molecular formula is C15H18N2O2S2. The van der Waals surface area contributed by atoms with Crippen molar-refractivity contribution in [2.75, 3.05) is 12.0 Å². The molecule has 1 aromatic heterocycles. The maximum Gasteiger partial charge on any atom is 0.313 e. The fourth-order valence-corrected chi connectivity index (χ4v) is 4.56. The highest BCUT2D eigenvalue weighted by Crippen LogP contribution is 2.40. The van der Waals surface area contributed by atoms with Gasteiger partial charge in [-0.25, -0.2) is 4.98 Å². The predicted octanol–water partition coefficient (Wildman–Crippen LogP) is 3.67. The van der Waals surface area contributed by atoms with Crippen LogP contribution in [0.1, 0.15) is 25.3 Å².